The third-order valence-corrected chi connectivity index (χ3v) is 6.97. The molecule has 0 radical (unpaired) electrons. The normalized spacial score (nSPS) is 21.3. The Morgan fingerprint density at radius 3 is 2.79 bits per heavy atom. The number of hydrogen-bond donors (Lipinski definition) is 0. The van der Waals surface area contributed by atoms with Gasteiger partial charge in [-0.1, -0.05) is 24.6 Å². The molecule has 0 N–H and O–H groups in total. The molecule has 1 atom stereocenters. The number of fused-ring (bicyclic) bond motifs is 1. The van der Waals surface area contributed by atoms with E-state index < -0.39 is 0 Å². The first-order chi connectivity index (χ1) is 13.7. The second kappa shape index (κ2) is 7.40. The molecule has 28 heavy (non-hydrogen) atoms. The zero-order valence-corrected chi connectivity index (χ0v) is 17.3. The summed E-state index contributed by atoms with van der Waals surface area (Å²) in [5, 5.41) is 1.41. The van der Waals surface area contributed by atoms with Crippen molar-refractivity contribution in [2.75, 3.05) is 13.1 Å². The van der Waals surface area contributed by atoms with Gasteiger partial charge in [0.25, 0.3) is 0 Å². The second-order valence-electron chi connectivity index (χ2n) is 9.02. The number of para-hydroxylation sites is 1. The largest absolute Gasteiger partial charge is 0.350 e. The lowest BCUT2D eigenvalue weighted by molar-refractivity contribution is 0.154. The number of hydrogen-bond acceptors (Lipinski definition) is 2. The van der Waals surface area contributed by atoms with Crippen molar-refractivity contribution in [3.8, 4) is 0 Å². The molecule has 1 aliphatic heterocycles. The van der Waals surface area contributed by atoms with Crippen molar-refractivity contribution in [3.05, 3.63) is 53.7 Å². The highest BCUT2D eigenvalue weighted by molar-refractivity contribution is 5.83. The van der Waals surface area contributed by atoms with Gasteiger partial charge in [-0.3, -0.25) is 4.90 Å². The lowest BCUT2D eigenvalue weighted by Gasteiger charge is -2.34. The molecule has 1 saturated carbocycles. The van der Waals surface area contributed by atoms with Gasteiger partial charge in [-0.25, -0.2) is 4.98 Å². The fraction of sp³-hybridized carbons (Fsp3) is 0.542. The SMILES string of the molecule is Cc1cnc(C2CCC2)n1C[C@H]1CCCN(Cc2cn(C)c3ccccc23)C1. The lowest BCUT2D eigenvalue weighted by atomic mass is 9.84. The Balaban J connectivity index is 1.30. The van der Waals surface area contributed by atoms with Crippen LogP contribution in [0.3, 0.4) is 0 Å². The summed E-state index contributed by atoms with van der Waals surface area (Å²) < 4.78 is 4.81. The maximum Gasteiger partial charge on any atom is 0.111 e. The Labute approximate surface area is 168 Å². The summed E-state index contributed by atoms with van der Waals surface area (Å²) in [6, 6.07) is 8.79. The van der Waals surface area contributed by atoms with E-state index in [9.17, 15) is 0 Å². The standard InChI is InChI=1S/C24H32N4/c1-18-13-25-24(20-8-5-9-20)28(18)15-19-7-6-12-27(14-19)17-21-16-26(2)23-11-4-3-10-22(21)23/h3-4,10-11,13,16,19-20H,5-9,12,14-15,17H2,1-2H3/t19-/m0/s1. The number of imidazole rings is 1. The van der Waals surface area contributed by atoms with E-state index >= 15 is 0 Å². The van der Waals surface area contributed by atoms with Gasteiger partial charge in [-0.15, -0.1) is 0 Å². The minimum absolute atomic E-state index is 0.712. The molecule has 2 aromatic heterocycles. The first kappa shape index (κ1) is 18.0. The van der Waals surface area contributed by atoms with Gasteiger partial charge in [-0.05, 0) is 56.7 Å². The molecular weight excluding hydrogens is 344 g/mol. The molecule has 4 heteroatoms. The molecule has 1 saturated heterocycles. The van der Waals surface area contributed by atoms with Gasteiger partial charge in [0.2, 0.25) is 0 Å². The molecule has 3 aromatic rings. The third-order valence-electron chi connectivity index (χ3n) is 6.97. The summed E-state index contributed by atoms with van der Waals surface area (Å²) in [5.41, 5.74) is 4.14. The van der Waals surface area contributed by atoms with E-state index in [-0.39, 0.29) is 0 Å². The molecule has 1 aromatic carbocycles. The topological polar surface area (TPSA) is 26.0 Å². The maximum absolute atomic E-state index is 4.77. The fourth-order valence-electron chi connectivity index (χ4n) is 5.20. The summed E-state index contributed by atoms with van der Waals surface area (Å²) >= 11 is 0. The van der Waals surface area contributed by atoms with Gasteiger partial charge in [-0.2, -0.15) is 0 Å². The zero-order chi connectivity index (χ0) is 19.1. The summed E-state index contributed by atoms with van der Waals surface area (Å²) in [5.74, 6) is 2.80. The molecule has 2 fully saturated rings. The smallest absolute Gasteiger partial charge is 0.111 e. The van der Waals surface area contributed by atoms with Crippen molar-refractivity contribution in [3.63, 3.8) is 0 Å². The van der Waals surface area contributed by atoms with Crippen molar-refractivity contribution in [1.82, 2.24) is 19.0 Å². The Morgan fingerprint density at radius 2 is 1.96 bits per heavy atom. The highest BCUT2D eigenvalue weighted by Gasteiger charge is 2.27. The molecule has 3 heterocycles. The van der Waals surface area contributed by atoms with E-state index in [0.29, 0.717) is 5.92 Å². The first-order valence-electron chi connectivity index (χ1n) is 11.0. The van der Waals surface area contributed by atoms with Crippen LogP contribution in [-0.2, 0) is 20.1 Å². The van der Waals surface area contributed by atoms with Gasteiger partial charge in [0, 0.05) is 61.6 Å². The number of benzene rings is 1. The first-order valence-corrected chi connectivity index (χ1v) is 11.0. The Morgan fingerprint density at radius 1 is 1.11 bits per heavy atom. The predicted octanol–water partition coefficient (Wildman–Crippen LogP) is 4.86. The number of aryl methyl sites for hydroxylation is 2. The van der Waals surface area contributed by atoms with Crippen molar-refractivity contribution in [2.24, 2.45) is 13.0 Å². The average Bonchev–Trinajstić information content (AvgIpc) is 3.16. The number of piperidine rings is 1. The number of nitrogens with zero attached hydrogens (tertiary/aromatic N) is 4. The van der Waals surface area contributed by atoms with Crippen LogP contribution in [0.4, 0.5) is 0 Å². The van der Waals surface area contributed by atoms with Crippen LogP contribution < -0.4 is 0 Å². The fourth-order valence-corrected chi connectivity index (χ4v) is 5.20. The minimum Gasteiger partial charge on any atom is -0.350 e. The molecular formula is C24H32N4. The summed E-state index contributed by atoms with van der Waals surface area (Å²) in [6.07, 6.45) is 11.1. The van der Waals surface area contributed by atoms with E-state index in [4.69, 9.17) is 4.98 Å². The van der Waals surface area contributed by atoms with E-state index in [2.05, 4.69) is 64.7 Å². The summed E-state index contributed by atoms with van der Waals surface area (Å²) in [6.45, 7) is 6.86. The number of aromatic nitrogens is 3. The van der Waals surface area contributed by atoms with Gasteiger partial charge >= 0.3 is 0 Å². The van der Waals surface area contributed by atoms with Crippen LogP contribution in [0.15, 0.2) is 36.7 Å². The van der Waals surface area contributed by atoms with Gasteiger partial charge in [0.1, 0.15) is 5.82 Å². The highest BCUT2D eigenvalue weighted by atomic mass is 15.2. The van der Waals surface area contributed by atoms with Crippen molar-refractivity contribution < 1.29 is 0 Å². The van der Waals surface area contributed by atoms with Gasteiger partial charge in [0.05, 0.1) is 0 Å². The molecule has 0 amide bonds. The van der Waals surface area contributed by atoms with Crippen LogP contribution in [0.5, 0.6) is 0 Å². The molecule has 1 aliphatic carbocycles. The van der Waals surface area contributed by atoms with E-state index in [0.717, 1.165) is 19.0 Å². The molecule has 148 valence electrons. The van der Waals surface area contributed by atoms with Crippen LogP contribution in [0.25, 0.3) is 10.9 Å². The zero-order valence-electron chi connectivity index (χ0n) is 17.3. The Kier molecular flexibility index (Phi) is 4.75. The van der Waals surface area contributed by atoms with Gasteiger partial charge in [0.15, 0.2) is 0 Å². The molecule has 4 nitrogen and oxygen atoms in total. The predicted molar refractivity (Wildman–Crippen MR) is 114 cm³/mol. The van der Waals surface area contributed by atoms with E-state index in [1.807, 2.05) is 0 Å². The van der Waals surface area contributed by atoms with Crippen LogP contribution in [0.1, 0.15) is 55.1 Å². The third kappa shape index (κ3) is 3.28. The van der Waals surface area contributed by atoms with Crippen LogP contribution >= 0.6 is 0 Å². The van der Waals surface area contributed by atoms with Crippen molar-refractivity contribution in [1.29, 1.82) is 0 Å². The number of rotatable bonds is 5. The highest BCUT2D eigenvalue weighted by Crippen LogP contribution is 2.36. The van der Waals surface area contributed by atoms with Crippen molar-refractivity contribution >= 4 is 10.9 Å². The monoisotopic (exact) mass is 376 g/mol. The molecule has 5 rings (SSSR count). The number of likely N-dealkylation sites (tertiary alicyclic amines) is 1. The molecule has 0 unspecified atom stereocenters. The summed E-state index contributed by atoms with van der Waals surface area (Å²) in [7, 11) is 2.16. The van der Waals surface area contributed by atoms with E-state index in [1.54, 1.807) is 0 Å². The minimum atomic E-state index is 0.712. The lowest BCUT2D eigenvalue weighted by Crippen LogP contribution is -2.37. The Hall–Kier alpha value is -2.07. The molecule has 2 aliphatic rings. The van der Waals surface area contributed by atoms with E-state index in [1.165, 1.54) is 73.2 Å². The average molecular weight is 377 g/mol. The molecule has 0 bridgehead atoms. The van der Waals surface area contributed by atoms with Crippen LogP contribution in [-0.4, -0.2) is 32.1 Å². The Bertz CT molecular complexity index is 962. The van der Waals surface area contributed by atoms with Crippen molar-refractivity contribution in [2.45, 2.75) is 58.0 Å². The van der Waals surface area contributed by atoms with Gasteiger partial charge < -0.3 is 9.13 Å². The second-order valence-corrected chi connectivity index (χ2v) is 9.02. The van der Waals surface area contributed by atoms with Crippen LogP contribution in [0, 0.1) is 12.8 Å². The van der Waals surface area contributed by atoms with Crippen LogP contribution in [0.2, 0.25) is 0 Å². The maximum atomic E-state index is 4.77. The molecule has 0 spiro atoms. The quantitative estimate of drug-likeness (QED) is 0.635. The summed E-state index contributed by atoms with van der Waals surface area (Å²) in [4.78, 5) is 7.45.